The van der Waals surface area contributed by atoms with E-state index in [4.69, 9.17) is 19.4 Å². The minimum absolute atomic E-state index is 0.578. The Morgan fingerprint density at radius 2 is 1.02 bits per heavy atom. The topological polar surface area (TPSA) is 51.8 Å². The number of para-hydroxylation sites is 2. The second-order valence-corrected chi connectivity index (χ2v) is 13.5. The fraction of sp³-hybridized carbons (Fsp3) is 0. The first-order valence-corrected chi connectivity index (χ1v) is 17.4. The van der Waals surface area contributed by atoms with Crippen LogP contribution in [0.5, 0.6) is 0 Å². The van der Waals surface area contributed by atoms with Gasteiger partial charge >= 0.3 is 0 Å². The summed E-state index contributed by atoms with van der Waals surface area (Å²) >= 11 is 1.82. The van der Waals surface area contributed by atoms with E-state index in [9.17, 15) is 0 Å². The van der Waals surface area contributed by atoms with Crippen molar-refractivity contribution in [2.24, 2.45) is 0 Å². The maximum absolute atomic E-state index is 6.41. The van der Waals surface area contributed by atoms with Crippen LogP contribution in [0.15, 0.2) is 168 Å². The van der Waals surface area contributed by atoms with Crippen molar-refractivity contribution in [3.8, 4) is 56.4 Å². The molecule has 0 aliphatic carbocycles. The average molecular weight is 658 g/mol. The quantitative estimate of drug-likeness (QED) is 0.185. The predicted octanol–water partition coefficient (Wildman–Crippen LogP) is 12.5. The van der Waals surface area contributed by atoms with Crippen LogP contribution < -0.4 is 0 Å². The molecule has 0 radical (unpaired) electrons. The molecule has 3 aromatic heterocycles. The fourth-order valence-corrected chi connectivity index (χ4v) is 8.17. The van der Waals surface area contributed by atoms with Crippen LogP contribution in [0.3, 0.4) is 0 Å². The molecule has 234 valence electrons. The molecule has 0 saturated carbocycles. The molecule has 0 aliphatic heterocycles. The molecule has 50 heavy (non-hydrogen) atoms. The van der Waals surface area contributed by atoms with Gasteiger partial charge in [-0.2, -0.15) is 0 Å². The van der Waals surface area contributed by atoms with E-state index in [0.717, 1.165) is 38.6 Å². The zero-order valence-electron chi connectivity index (χ0n) is 26.7. The molecule has 7 aromatic carbocycles. The Morgan fingerprint density at radius 1 is 0.380 bits per heavy atom. The van der Waals surface area contributed by atoms with Gasteiger partial charge in [0.25, 0.3) is 0 Å². The lowest BCUT2D eigenvalue weighted by atomic mass is 9.96. The van der Waals surface area contributed by atoms with Gasteiger partial charge in [-0.15, -0.1) is 11.3 Å². The number of benzene rings is 7. The third kappa shape index (κ3) is 4.79. The molecule has 0 amide bonds. The summed E-state index contributed by atoms with van der Waals surface area (Å²) in [6, 6.07) is 56.9. The standard InChI is InChI=1S/C45H27N3OS/c1-4-13-28(14-5-1)32-25-37(29-15-6-2-7-16-29)42-38(26-32)34-24-23-31(27-40(34)50-42)44-46-43(30-17-8-3-9-18-30)47-45(48-44)36-21-12-20-35-33-19-10-11-22-39(33)49-41(35)36/h1-27H. The zero-order chi connectivity index (χ0) is 33.0. The lowest BCUT2D eigenvalue weighted by molar-refractivity contribution is 0.669. The normalized spacial score (nSPS) is 11.6. The minimum atomic E-state index is 0.578. The van der Waals surface area contributed by atoms with Crippen molar-refractivity contribution >= 4 is 53.4 Å². The highest BCUT2D eigenvalue weighted by atomic mass is 32.1. The molecular weight excluding hydrogens is 631 g/mol. The summed E-state index contributed by atoms with van der Waals surface area (Å²) in [4.78, 5) is 15.2. The molecule has 0 saturated heterocycles. The number of thiophene rings is 1. The maximum atomic E-state index is 6.41. The van der Waals surface area contributed by atoms with Crippen LogP contribution in [0.4, 0.5) is 0 Å². The molecule has 5 heteroatoms. The van der Waals surface area contributed by atoms with E-state index in [0.29, 0.717) is 17.5 Å². The van der Waals surface area contributed by atoms with E-state index >= 15 is 0 Å². The van der Waals surface area contributed by atoms with Crippen LogP contribution >= 0.6 is 11.3 Å². The molecule has 0 spiro atoms. The molecule has 0 fully saturated rings. The van der Waals surface area contributed by atoms with E-state index in [1.165, 1.54) is 42.4 Å². The molecule has 0 unspecified atom stereocenters. The first-order valence-electron chi connectivity index (χ1n) is 16.6. The number of rotatable bonds is 5. The van der Waals surface area contributed by atoms with Gasteiger partial charge in [0.2, 0.25) is 0 Å². The van der Waals surface area contributed by atoms with Gasteiger partial charge in [0.15, 0.2) is 17.5 Å². The van der Waals surface area contributed by atoms with Crippen LogP contribution in [0.25, 0.3) is 98.5 Å². The lowest BCUT2D eigenvalue weighted by Crippen LogP contribution is -2.00. The first-order chi connectivity index (χ1) is 24.8. The van der Waals surface area contributed by atoms with Gasteiger partial charge in [-0.1, -0.05) is 133 Å². The van der Waals surface area contributed by atoms with Crippen LogP contribution in [0, 0.1) is 0 Å². The Bertz CT molecular complexity index is 2860. The van der Waals surface area contributed by atoms with E-state index in [-0.39, 0.29) is 0 Å². The van der Waals surface area contributed by atoms with Gasteiger partial charge in [0.05, 0.1) is 5.56 Å². The molecule has 10 rings (SSSR count). The van der Waals surface area contributed by atoms with E-state index in [1.807, 2.05) is 72.0 Å². The van der Waals surface area contributed by atoms with E-state index < -0.39 is 0 Å². The van der Waals surface area contributed by atoms with Crippen molar-refractivity contribution < 1.29 is 4.42 Å². The summed E-state index contributed by atoms with van der Waals surface area (Å²) in [6.45, 7) is 0. The van der Waals surface area contributed by atoms with E-state index in [2.05, 4.69) is 103 Å². The number of furan rings is 1. The smallest absolute Gasteiger partial charge is 0.167 e. The maximum Gasteiger partial charge on any atom is 0.167 e. The molecule has 0 atom stereocenters. The van der Waals surface area contributed by atoms with Crippen molar-refractivity contribution in [2.75, 3.05) is 0 Å². The van der Waals surface area contributed by atoms with Crippen molar-refractivity contribution in [1.82, 2.24) is 15.0 Å². The lowest BCUT2D eigenvalue weighted by Gasteiger charge is -2.09. The second kappa shape index (κ2) is 11.6. The second-order valence-electron chi connectivity index (χ2n) is 12.4. The fourth-order valence-electron chi connectivity index (χ4n) is 6.91. The van der Waals surface area contributed by atoms with Gasteiger partial charge in [0, 0.05) is 47.6 Å². The predicted molar refractivity (Wildman–Crippen MR) is 207 cm³/mol. The summed E-state index contributed by atoms with van der Waals surface area (Å²) in [6.07, 6.45) is 0. The summed E-state index contributed by atoms with van der Waals surface area (Å²) in [5.74, 6) is 1.82. The summed E-state index contributed by atoms with van der Waals surface area (Å²) in [5, 5.41) is 4.57. The molecule has 0 bridgehead atoms. The number of hydrogen-bond acceptors (Lipinski definition) is 5. The summed E-state index contributed by atoms with van der Waals surface area (Å²) in [5.41, 5.74) is 9.16. The first kappa shape index (κ1) is 28.6. The highest BCUT2D eigenvalue weighted by Gasteiger charge is 2.19. The highest BCUT2D eigenvalue weighted by Crippen LogP contribution is 2.44. The third-order valence-corrected chi connectivity index (χ3v) is 10.5. The molecule has 10 aromatic rings. The molecular formula is C45H27N3OS. The minimum Gasteiger partial charge on any atom is -0.455 e. The number of fused-ring (bicyclic) bond motifs is 6. The van der Waals surface area contributed by atoms with Crippen LogP contribution in [0.1, 0.15) is 0 Å². The number of nitrogens with zero attached hydrogens (tertiary/aromatic N) is 3. The van der Waals surface area contributed by atoms with Gasteiger partial charge < -0.3 is 4.42 Å². The molecule has 0 aliphatic rings. The SMILES string of the molecule is c1ccc(-c2cc(-c3ccccc3)c3sc4cc(-c5nc(-c6ccccc6)nc(-c6cccc7c6oc6ccccc67)n5)ccc4c3c2)cc1. The Balaban J connectivity index is 1.18. The molecule has 3 heterocycles. The Morgan fingerprint density at radius 3 is 1.80 bits per heavy atom. The average Bonchev–Trinajstić information content (AvgIpc) is 3.76. The number of hydrogen-bond donors (Lipinski definition) is 0. The Labute approximate surface area is 292 Å². The van der Waals surface area contributed by atoms with Crippen LogP contribution in [-0.2, 0) is 0 Å². The Hall–Kier alpha value is -6.43. The van der Waals surface area contributed by atoms with Gasteiger partial charge in [-0.25, -0.2) is 15.0 Å². The van der Waals surface area contributed by atoms with Crippen LogP contribution in [0.2, 0.25) is 0 Å². The molecule has 4 nitrogen and oxygen atoms in total. The highest BCUT2D eigenvalue weighted by molar-refractivity contribution is 7.26. The monoisotopic (exact) mass is 657 g/mol. The van der Waals surface area contributed by atoms with Crippen LogP contribution in [-0.4, -0.2) is 15.0 Å². The third-order valence-electron chi connectivity index (χ3n) is 9.34. The summed E-state index contributed by atoms with van der Waals surface area (Å²) < 4.78 is 8.86. The van der Waals surface area contributed by atoms with Crippen molar-refractivity contribution in [1.29, 1.82) is 0 Å². The zero-order valence-corrected chi connectivity index (χ0v) is 27.6. The van der Waals surface area contributed by atoms with Crippen molar-refractivity contribution in [2.45, 2.75) is 0 Å². The van der Waals surface area contributed by atoms with Crippen molar-refractivity contribution in [3.05, 3.63) is 164 Å². The molecule has 0 N–H and O–H groups in total. The van der Waals surface area contributed by atoms with E-state index in [1.54, 1.807) is 0 Å². The Kier molecular flexibility index (Phi) is 6.64. The van der Waals surface area contributed by atoms with Crippen molar-refractivity contribution in [3.63, 3.8) is 0 Å². The number of aromatic nitrogens is 3. The van der Waals surface area contributed by atoms with Gasteiger partial charge in [-0.05, 0) is 47.0 Å². The van der Waals surface area contributed by atoms with Gasteiger partial charge in [0.1, 0.15) is 11.2 Å². The largest absolute Gasteiger partial charge is 0.455 e. The van der Waals surface area contributed by atoms with Gasteiger partial charge in [-0.3, -0.25) is 0 Å². The summed E-state index contributed by atoms with van der Waals surface area (Å²) in [7, 11) is 0.